The van der Waals surface area contributed by atoms with Crippen molar-refractivity contribution in [2.75, 3.05) is 0 Å². The molecule has 0 radical (unpaired) electrons. The smallest absolute Gasteiger partial charge is 0.119 e. The fraction of sp³-hybridized carbons (Fsp3) is 0.400. The van der Waals surface area contributed by atoms with Crippen LogP contribution >= 0.6 is 0 Å². The average Bonchev–Trinajstić information content (AvgIpc) is 2.09. The first-order valence-corrected chi connectivity index (χ1v) is 4.46. The predicted octanol–water partition coefficient (Wildman–Crippen LogP) is 3.72. The molecule has 0 saturated carbocycles. The molecule has 1 rings (SSSR count). The van der Waals surface area contributed by atoms with E-state index in [0.717, 1.165) is 11.3 Å². The number of rotatable bonds is 3. The summed E-state index contributed by atoms with van der Waals surface area (Å²) in [4.78, 5) is 2.74. The number of hydrogen-bond acceptors (Lipinski definition) is 2. The van der Waals surface area contributed by atoms with Crippen LogP contribution in [-0.2, 0) is 0 Å². The number of hydrogen-bond donors (Lipinski definition) is 0. The molecule has 0 heterocycles. The van der Waals surface area contributed by atoms with E-state index in [-0.39, 0.29) is 6.10 Å². The Labute approximate surface area is 83.1 Å². The van der Waals surface area contributed by atoms with Crippen LogP contribution in [0.2, 0.25) is 0 Å². The highest BCUT2D eigenvalue weighted by Crippen LogP contribution is 2.24. The van der Waals surface area contributed by atoms with Crippen molar-refractivity contribution < 1.29 is 4.74 Å². The van der Waals surface area contributed by atoms with Gasteiger partial charge in [-0.2, -0.15) is 0 Å². The Morgan fingerprint density at radius 3 is 2.64 bits per heavy atom. The van der Waals surface area contributed by atoms with Crippen molar-refractivity contribution in [1.29, 1.82) is 0 Å². The minimum Gasteiger partial charge on any atom is -0.491 e. The summed E-state index contributed by atoms with van der Waals surface area (Å²) in [6.07, 6.45) is 0.153. The summed E-state index contributed by atoms with van der Waals surface area (Å²) in [5.74, 6) is 0.800. The molecule has 0 aliphatic heterocycles. The molecule has 0 aliphatic rings. The van der Waals surface area contributed by atoms with E-state index in [4.69, 9.17) is 10.3 Å². The van der Waals surface area contributed by atoms with Gasteiger partial charge in [-0.3, -0.25) is 0 Å². The molecule has 4 nitrogen and oxygen atoms in total. The molecule has 1 aromatic rings. The minimum atomic E-state index is 0.153. The van der Waals surface area contributed by atoms with Crippen LogP contribution in [0.15, 0.2) is 23.3 Å². The molecule has 14 heavy (non-hydrogen) atoms. The molecule has 0 aliphatic carbocycles. The van der Waals surface area contributed by atoms with E-state index < -0.39 is 0 Å². The second-order valence-electron chi connectivity index (χ2n) is 3.30. The van der Waals surface area contributed by atoms with E-state index in [1.807, 2.05) is 26.8 Å². The molecule has 0 aromatic heterocycles. The van der Waals surface area contributed by atoms with Crippen molar-refractivity contribution in [2.45, 2.75) is 26.9 Å². The standard InChI is InChI=1S/C10H13N3O/c1-7(2)14-9-4-5-10(12-13-11)8(3)6-9/h4-7H,1-3H3. The molecule has 0 amide bonds. The van der Waals surface area contributed by atoms with Gasteiger partial charge < -0.3 is 4.74 Å². The van der Waals surface area contributed by atoms with Crippen LogP contribution in [0.5, 0.6) is 5.75 Å². The number of ether oxygens (including phenoxy) is 1. The van der Waals surface area contributed by atoms with Gasteiger partial charge in [-0.05, 0) is 50.1 Å². The molecule has 0 N–H and O–H groups in total. The van der Waals surface area contributed by atoms with Crippen LogP contribution in [0.4, 0.5) is 5.69 Å². The number of aryl methyl sites for hydroxylation is 1. The van der Waals surface area contributed by atoms with Gasteiger partial charge in [0.2, 0.25) is 0 Å². The first kappa shape index (κ1) is 10.4. The van der Waals surface area contributed by atoms with Crippen LogP contribution in [-0.4, -0.2) is 6.10 Å². The maximum Gasteiger partial charge on any atom is 0.119 e. The van der Waals surface area contributed by atoms with Gasteiger partial charge in [0.15, 0.2) is 0 Å². The van der Waals surface area contributed by atoms with E-state index in [1.54, 1.807) is 12.1 Å². The van der Waals surface area contributed by atoms with Gasteiger partial charge in [-0.25, -0.2) is 0 Å². The lowest BCUT2D eigenvalue weighted by Crippen LogP contribution is -2.05. The molecule has 0 bridgehead atoms. The minimum absolute atomic E-state index is 0.153. The highest BCUT2D eigenvalue weighted by atomic mass is 16.5. The van der Waals surface area contributed by atoms with Crippen LogP contribution < -0.4 is 4.74 Å². The van der Waals surface area contributed by atoms with E-state index in [1.165, 1.54) is 0 Å². The summed E-state index contributed by atoms with van der Waals surface area (Å²) in [6.45, 7) is 5.82. The topological polar surface area (TPSA) is 58.0 Å². The monoisotopic (exact) mass is 191 g/mol. The quantitative estimate of drug-likeness (QED) is 0.408. The van der Waals surface area contributed by atoms with Crippen LogP contribution in [0.25, 0.3) is 10.4 Å². The SMILES string of the molecule is Cc1cc(OC(C)C)ccc1N=[N+]=[N-]. The Morgan fingerprint density at radius 1 is 1.43 bits per heavy atom. The third-order valence-electron chi connectivity index (χ3n) is 1.69. The lowest BCUT2D eigenvalue weighted by Gasteiger charge is -2.10. The van der Waals surface area contributed by atoms with Gasteiger partial charge in [0, 0.05) is 10.6 Å². The van der Waals surface area contributed by atoms with E-state index in [2.05, 4.69) is 10.0 Å². The Morgan fingerprint density at radius 2 is 2.14 bits per heavy atom. The number of benzene rings is 1. The lowest BCUT2D eigenvalue weighted by atomic mass is 10.2. The molecule has 0 saturated heterocycles. The van der Waals surface area contributed by atoms with Gasteiger partial charge in [0.1, 0.15) is 5.75 Å². The normalized spacial score (nSPS) is 9.71. The summed E-state index contributed by atoms with van der Waals surface area (Å²) in [5, 5.41) is 3.55. The molecule has 0 fully saturated rings. The van der Waals surface area contributed by atoms with Gasteiger partial charge in [-0.1, -0.05) is 5.11 Å². The molecule has 0 atom stereocenters. The largest absolute Gasteiger partial charge is 0.491 e. The molecule has 74 valence electrons. The highest BCUT2D eigenvalue weighted by molar-refractivity contribution is 5.48. The van der Waals surface area contributed by atoms with Crippen LogP contribution in [0, 0.1) is 6.92 Å². The second kappa shape index (κ2) is 4.53. The molecule has 1 aromatic carbocycles. The predicted molar refractivity (Wildman–Crippen MR) is 55.7 cm³/mol. The zero-order chi connectivity index (χ0) is 10.6. The molecular formula is C10H13N3O. The number of azide groups is 1. The Balaban J connectivity index is 2.94. The third-order valence-corrected chi connectivity index (χ3v) is 1.69. The molecular weight excluding hydrogens is 178 g/mol. The van der Waals surface area contributed by atoms with Gasteiger partial charge in [0.05, 0.1) is 6.10 Å². The van der Waals surface area contributed by atoms with Crippen LogP contribution in [0.1, 0.15) is 19.4 Å². The van der Waals surface area contributed by atoms with Gasteiger partial charge in [0.25, 0.3) is 0 Å². The second-order valence-corrected chi connectivity index (χ2v) is 3.30. The van der Waals surface area contributed by atoms with E-state index in [0.29, 0.717) is 5.69 Å². The maximum atomic E-state index is 8.29. The lowest BCUT2D eigenvalue weighted by molar-refractivity contribution is 0.242. The summed E-state index contributed by atoms with van der Waals surface area (Å²) < 4.78 is 5.49. The van der Waals surface area contributed by atoms with Crippen molar-refractivity contribution in [3.63, 3.8) is 0 Å². The van der Waals surface area contributed by atoms with Crippen molar-refractivity contribution in [3.8, 4) is 5.75 Å². The van der Waals surface area contributed by atoms with E-state index >= 15 is 0 Å². The van der Waals surface area contributed by atoms with Gasteiger partial charge >= 0.3 is 0 Å². The first-order valence-electron chi connectivity index (χ1n) is 4.46. The fourth-order valence-corrected chi connectivity index (χ4v) is 1.13. The number of nitrogens with zero attached hydrogens (tertiary/aromatic N) is 3. The van der Waals surface area contributed by atoms with Crippen molar-refractivity contribution in [2.24, 2.45) is 5.11 Å². The van der Waals surface area contributed by atoms with Crippen molar-refractivity contribution in [3.05, 3.63) is 34.2 Å². The highest BCUT2D eigenvalue weighted by Gasteiger charge is 2.00. The maximum absolute atomic E-state index is 8.29. The zero-order valence-corrected chi connectivity index (χ0v) is 8.56. The zero-order valence-electron chi connectivity index (χ0n) is 8.56. The van der Waals surface area contributed by atoms with Gasteiger partial charge in [-0.15, -0.1) is 0 Å². The fourth-order valence-electron chi connectivity index (χ4n) is 1.13. The van der Waals surface area contributed by atoms with E-state index in [9.17, 15) is 0 Å². The molecule has 0 spiro atoms. The summed E-state index contributed by atoms with van der Waals surface area (Å²) in [6, 6.07) is 5.42. The van der Waals surface area contributed by atoms with Crippen molar-refractivity contribution >= 4 is 5.69 Å². The summed E-state index contributed by atoms with van der Waals surface area (Å²) in [7, 11) is 0. The Bertz CT molecular complexity index is 368. The van der Waals surface area contributed by atoms with Crippen molar-refractivity contribution in [1.82, 2.24) is 0 Å². The Kier molecular flexibility index (Phi) is 3.37. The Hall–Kier alpha value is -1.67. The summed E-state index contributed by atoms with van der Waals surface area (Å²) >= 11 is 0. The molecule has 4 heteroatoms. The molecule has 0 unspecified atom stereocenters. The average molecular weight is 191 g/mol. The van der Waals surface area contributed by atoms with Crippen LogP contribution in [0.3, 0.4) is 0 Å². The third kappa shape index (κ3) is 2.68. The summed E-state index contributed by atoms with van der Waals surface area (Å²) in [5.41, 5.74) is 9.85. The first-order chi connectivity index (χ1) is 6.63.